The predicted octanol–water partition coefficient (Wildman–Crippen LogP) is 3.94. The first-order valence-electron chi connectivity index (χ1n) is 6.97. The van der Waals surface area contributed by atoms with Gasteiger partial charge in [0.05, 0.1) is 12.0 Å². The van der Waals surface area contributed by atoms with Crippen LogP contribution in [0.5, 0.6) is 0 Å². The van der Waals surface area contributed by atoms with E-state index in [0.717, 1.165) is 11.1 Å². The Labute approximate surface area is 120 Å². The zero-order chi connectivity index (χ0) is 14.5. The largest absolute Gasteiger partial charge is 0.388 e. The van der Waals surface area contributed by atoms with Crippen molar-refractivity contribution in [1.82, 2.24) is 0 Å². The number of benzene rings is 2. The van der Waals surface area contributed by atoms with E-state index in [1.165, 1.54) is 0 Å². The maximum absolute atomic E-state index is 12.5. The highest BCUT2D eigenvalue weighted by atomic mass is 16.3. The van der Waals surface area contributed by atoms with E-state index in [-0.39, 0.29) is 5.78 Å². The number of carbonyl (C=O) groups is 1. The lowest BCUT2D eigenvalue weighted by Gasteiger charge is -2.21. The Morgan fingerprint density at radius 1 is 1.05 bits per heavy atom. The van der Waals surface area contributed by atoms with Crippen LogP contribution in [0, 0.1) is 12.8 Å². The van der Waals surface area contributed by atoms with Crippen molar-refractivity contribution < 1.29 is 9.90 Å². The SMILES string of the molecule is CC[C@H](C(=O)c1ccccc1)[C@@H](O)c1ccc(C)cc1. The normalized spacial score (nSPS) is 13.8. The predicted molar refractivity (Wildman–Crippen MR) is 80.7 cm³/mol. The first-order chi connectivity index (χ1) is 9.63. The van der Waals surface area contributed by atoms with Gasteiger partial charge in [-0.2, -0.15) is 0 Å². The summed E-state index contributed by atoms with van der Waals surface area (Å²) < 4.78 is 0. The van der Waals surface area contributed by atoms with Crippen molar-refractivity contribution in [2.75, 3.05) is 0 Å². The summed E-state index contributed by atoms with van der Waals surface area (Å²) in [6.45, 7) is 3.94. The summed E-state index contributed by atoms with van der Waals surface area (Å²) in [6.07, 6.45) is -0.142. The molecule has 0 saturated carbocycles. The van der Waals surface area contributed by atoms with Crippen LogP contribution >= 0.6 is 0 Å². The van der Waals surface area contributed by atoms with Gasteiger partial charge in [-0.25, -0.2) is 0 Å². The molecule has 0 aliphatic heterocycles. The summed E-state index contributed by atoms with van der Waals surface area (Å²) in [5, 5.41) is 10.5. The fourth-order valence-corrected chi connectivity index (χ4v) is 2.36. The molecule has 104 valence electrons. The number of hydrogen-bond donors (Lipinski definition) is 1. The van der Waals surface area contributed by atoms with Gasteiger partial charge in [0, 0.05) is 5.56 Å². The molecule has 0 aromatic heterocycles. The molecule has 0 fully saturated rings. The van der Waals surface area contributed by atoms with Crippen LogP contribution in [-0.4, -0.2) is 10.9 Å². The maximum atomic E-state index is 12.5. The van der Waals surface area contributed by atoms with Crippen molar-refractivity contribution in [2.24, 2.45) is 5.92 Å². The molecular formula is C18H20O2. The van der Waals surface area contributed by atoms with Crippen LogP contribution in [0.2, 0.25) is 0 Å². The number of carbonyl (C=O) groups excluding carboxylic acids is 1. The standard InChI is InChI=1S/C18H20O2/c1-3-16(17(19)14-7-5-4-6-8-14)18(20)15-11-9-13(2)10-12-15/h4-12,16,18,20H,3H2,1-2H3/t16-,18+/m1/s1. The molecule has 0 bridgehead atoms. The van der Waals surface area contributed by atoms with Gasteiger partial charge < -0.3 is 5.11 Å². The van der Waals surface area contributed by atoms with Crippen molar-refractivity contribution in [2.45, 2.75) is 26.4 Å². The first kappa shape index (κ1) is 14.5. The molecule has 2 nitrogen and oxygen atoms in total. The van der Waals surface area contributed by atoms with E-state index in [4.69, 9.17) is 0 Å². The van der Waals surface area contributed by atoms with Crippen LogP contribution in [-0.2, 0) is 0 Å². The number of ketones is 1. The van der Waals surface area contributed by atoms with E-state index in [2.05, 4.69) is 0 Å². The minimum Gasteiger partial charge on any atom is -0.388 e. The third-order valence-electron chi connectivity index (χ3n) is 3.63. The van der Waals surface area contributed by atoms with E-state index >= 15 is 0 Å². The lowest BCUT2D eigenvalue weighted by atomic mass is 9.86. The molecule has 2 heteroatoms. The third kappa shape index (κ3) is 3.14. The topological polar surface area (TPSA) is 37.3 Å². The third-order valence-corrected chi connectivity index (χ3v) is 3.63. The second-order valence-corrected chi connectivity index (χ2v) is 5.10. The highest BCUT2D eigenvalue weighted by Crippen LogP contribution is 2.28. The summed E-state index contributed by atoms with van der Waals surface area (Å²) >= 11 is 0. The van der Waals surface area contributed by atoms with Crippen LogP contribution in [0.3, 0.4) is 0 Å². The molecule has 0 unspecified atom stereocenters. The molecule has 2 aromatic carbocycles. The fraction of sp³-hybridized carbons (Fsp3) is 0.278. The maximum Gasteiger partial charge on any atom is 0.168 e. The van der Waals surface area contributed by atoms with Gasteiger partial charge in [0.15, 0.2) is 5.78 Å². The number of rotatable bonds is 5. The minimum atomic E-state index is -0.756. The molecule has 0 aliphatic rings. The number of hydrogen-bond acceptors (Lipinski definition) is 2. The summed E-state index contributed by atoms with van der Waals surface area (Å²) in [6, 6.07) is 16.9. The van der Waals surface area contributed by atoms with Gasteiger partial charge >= 0.3 is 0 Å². The van der Waals surface area contributed by atoms with Gasteiger partial charge in [-0.3, -0.25) is 4.79 Å². The van der Waals surface area contributed by atoms with Crippen molar-refractivity contribution in [3.63, 3.8) is 0 Å². The molecule has 2 atom stereocenters. The molecule has 0 amide bonds. The van der Waals surface area contributed by atoms with Crippen molar-refractivity contribution in [3.05, 3.63) is 71.3 Å². The second-order valence-electron chi connectivity index (χ2n) is 5.10. The molecule has 2 rings (SSSR count). The van der Waals surface area contributed by atoms with Gasteiger partial charge in [0.25, 0.3) is 0 Å². The molecule has 0 saturated heterocycles. The minimum absolute atomic E-state index is 0.00109. The second kappa shape index (κ2) is 6.49. The lowest BCUT2D eigenvalue weighted by molar-refractivity contribution is 0.0667. The number of aliphatic hydroxyl groups is 1. The average molecular weight is 268 g/mol. The lowest BCUT2D eigenvalue weighted by Crippen LogP contribution is -2.22. The number of aliphatic hydroxyl groups excluding tert-OH is 1. The average Bonchev–Trinajstić information content (AvgIpc) is 2.49. The molecule has 0 aliphatic carbocycles. The fourth-order valence-electron chi connectivity index (χ4n) is 2.36. The van der Waals surface area contributed by atoms with Crippen LogP contribution in [0.15, 0.2) is 54.6 Å². The van der Waals surface area contributed by atoms with Crippen LogP contribution in [0.25, 0.3) is 0 Å². The Bertz CT molecular complexity index is 558. The van der Waals surface area contributed by atoms with E-state index in [1.807, 2.05) is 56.3 Å². The van der Waals surface area contributed by atoms with E-state index in [9.17, 15) is 9.90 Å². The number of aryl methyl sites for hydroxylation is 1. The quantitative estimate of drug-likeness (QED) is 0.834. The zero-order valence-corrected chi connectivity index (χ0v) is 11.9. The summed E-state index contributed by atoms with van der Waals surface area (Å²) in [5.74, 6) is -0.402. The Morgan fingerprint density at radius 3 is 2.20 bits per heavy atom. The monoisotopic (exact) mass is 268 g/mol. The van der Waals surface area contributed by atoms with Gasteiger partial charge in [-0.05, 0) is 18.9 Å². The zero-order valence-electron chi connectivity index (χ0n) is 11.9. The van der Waals surface area contributed by atoms with Gasteiger partial charge in [-0.15, -0.1) is 0 Å². The van der Waals surface area contributed by atoms with Crippen molar-refractivity contribution in [3.8, 4) is 0 Å². The molecular weight excluding hydrogens is 248 g/mol. The highest BCUT2D eigenvalue weighted by Gasteiger charge is 2.27. The molecule has 0 radical (unpaired) electrons. The Hall–Kier alpha value is -1.93. The Balaban J connectivity index is 2.23. The van der Waals surface area contributed by atoms with E-state index in [1.54, 1.807) is 12.1 Å². The van der Waals surface area contributed by atoms with Crippen molar-refractivity contribution >= 4 is 5.78 Å². The molecule has 20 heavy (non-hydrogen) atoms. The Kier molecular flexibility index (Phi) is 4.70. The highest BCUT2D eigenvalue weighted by molar-refractivity contribution is 5.98. The van der Waals surface area contributed by atoms with Crippen molar-refractivity contribution in [1.29, 1.82) is 0 Å². The van der Waals surface area contributed by atoms with Crippen LogP contribution in [0.1, 0.15) is 40.9 Å². The number of Topliss-reactive ketones (excluding diaryl/α,β-unsaturated/α-hetero) is 1. The van der Waals surface area contributed by atoms with Gasteiger partial charge in [0.1, 0.15) is 0 Å². The summed E-state index contributed by atoms with van der Waals surface area (Å²) in [5.41, 5.74) is 2.60. The first-order valence-corrected chi connectivity index (χ1v) is 6.97. The molecule has 0 spiro atoms. The summed E-state index contributed by atoms with van der Waals surface area (Å²) in [4.78, 5) is 12.5. The smallest absolute Gasteiger partial charge is 0.168 e. The van der Waals surface area contributed by atoms with Gasteiger partial charge in [0.2, 0.25) is 0 Å². The van der Waals surface area contributed by atoms with Gasteiger partial charge in [-0.1, -0.05) is 67.1 Å². The van der Waals surface area contributed by atoms with E-state index in [0.29, 0.717) is 12.0 Å². The van der Waals surface area contributed by atoms with Crippen LogP contribution < -0.4 is 0 Å². The van der Waals surface area contributed by atoms with Crippen LogP contribution in [0.4, 0.5) is 0 Å². The summed E-state index contributed by atoms with van der Waals surface area (Å²) in [7, 11) is 0. The Morgan fingerprint density at radius 2 is 1.65 bits per heavy atom. The molecule has 0 heterocycles. The molecule has 2 aromatic rings. The molecule has 1 N–H and O–H groups in total. The van der Waals surface area contributed by atoms with E-state index < -0.39 is 12.0 Å².